The van der Waals surface area contributed by atoms with Crippen LogP contribution in [0.2, 0.25) is 0 Å². The summed E-state index contributed by atoms with van der Waals surface area (Å²) >= 11 is 0. The SMILES string of the molecule is CCCCOc1ccc(C2/C(=C(/O)c3ccc4c(c3)CCCO4)C(=O)C(=O)N2CCOC)cc1. The molecule has 1 N–H and O–H groups in total. The maximum atomic E-state index is 13.1. The lowest BCUT2D eigenvalue weighted by atomic mass is 9.94. The van der Waals surface area contributed by atoms with Gasteiger partial charge >= 0.3 is 0 Å². The number of aliphatic hydroxyl groups is 1. The molecule has 7 nitrogen and oxygen atoms in total. The largest absolute Gasteiger partial charge is 0.507 e. The molecule has 1 amide bonds. The molecule has 1 atom stereocenters. The highest BCUT2D eigenvalue weighted by molar-refractivity contribution is 6.46. The Balaban J connectivity index is 1.73. The van der Waals surface area contributed by atoms with Crippen molar-refractivity contribution < 1.29 is 28.9 Å². The van der Waals surface area contributed by atoms with Crippen molar-refractivity contribution in [1.82, 2.24) is 4.90 Å². The smallest absolute Gasteiger partial charge is 0.295 e. The van der Waals surface area contributed by atoms with Gasteiger partial charge in [-0.15, -0.1) is 0 Å². The number of hydrogen-bond donors (Lipinski definition) is 1. The zero-order valence-corrected chi connectivity index (χ0v) is 19.7. The highest BCUT2D eigenvalue weighted by Crippen LogP contribution is 2.40. The number of amides is 1. The third-order valence-corrected chi connectivity index (χ3v) is 6.22. The van der Waals surface area contributed by atoms with Gasteiger partial charge in [0.1, 0.15) is 17.3 Å². The van der Waals surface area contributed by atoms with Crippen LogP contribution in [0, 0.1) is 0 Å². The third kappa shape index (κ3) is 4.80. The minimum absolute atomic E-state index is 0.0810. The first-order chi connectivity index (χ1) is 16.5. The lowest BCUT2D eigenvalue weighted by molar-refractivity contribution is -0.140. The standard InChI is InChI=1S/C27H31NO6/c1-3-4-14-33-21-10-7-18(8-11-21)24-23(26(30)27(31)28(24)13-16-32-2)25(29)20-9-12-22-19(17-20)6-5-15-34-22/h7-12,17,24,29H,3-6,13-16H2,1-2H3/b25-23-. The van der Waals surface area contributed by atoms with Gasteiger partial charge in [-0.1, -0.05) is 25.5 Å². The van der Waals surface area contributed by atoms with Crippen LogP contribution in [0.3, 0.4) is 0 Å². The third-order valence-electron chi connectivity index (χ3n) is 6.22. The van der Waals surface area contributed by atoms with E-state index in [2.05, 4.69) is 6.92 Å². The molecule has 1 fully saturated rings. The fraction of sp³-hybridized carbons (Fsp3) is 0.407. The molecule has 0 bridgehead atoms. The van der Waals surface area contributed by atoms with Crippen molar-refractivity contribution in [1.29, 1.82) is 0 Å². The normalized spacial score (nSPS) is 19.1. The summed E-state index contributed by atoms with van der Waals surface area (Å²) in [6.07, 6.45) is 3.73. The van der Waals surface area contributed by atoms with Crippen molar-refractivity contribution in [3.8, 4) is 11.5 Å². The summed E-state index contributed by atoms with van der Waals surface area (Å²) < 4.78 is 16.6. The highest BCUT2D eigenvalue weighted by atomic mass is 16.5. The quantitative estimate of drug-likeness (QED) is 0.258. The fourth-order valence-electron chi connectivity index (χ4n) is 4.39. The molecule has 4 rings (SSSR count). The number of hydrogen-bond acceptors (Lipinski definition) is 6. The number of ketones is 1. The number of Topliss-reactive ketones (excluding diaryl/α,β-unsaturated/α-hetero) is 1. The van der Waals surface area contributed by atoms with E-state index in [4.69, 9.17) is 14.2 Å². The fourth-order valence-corrected chi connectivity index (χ4v) is 4.39. The minimum Gasteiger partial charge on any atom is -0.507 e. The van der Waals surface area contributed by atoms with E-state index < -0.39 is 17.7 Å². The van der Waals surface area contributed by atoms with Crippen LogP contribution in [0.5, 0.6) is 11.5 Å². The van der Waals surface area contributed by atoms with Crippen molar-refractivity contribution >= 4 is 17.4 Å². The average Bonchev–Trinajstić information content (AvgIpc) is 3.12. The zero-order valence-electron chi connectivity index (χ0n) is 19.7. The first-order valence-electron chi connectivity index (χ1n) is 11.8. The van der Waals surface area contributed by atoms with Crippen LogP contribution in [0.15, 0.2) is 48.0 Å². The van der Waals surface area contributed by atoms with Crippen molar-refractivity contribution in [3.63, 3.8) is 0 Å². The van der Waals surface area contributed by atoms with Gasteiger partial charge in [0.05, 0.1) is 31.4 Å². The molecule has 0 radical (unpaired) electrons. The van der Waals surface area contributed by atoms with Crippen LogP contribution in [-0.2, 0) is 20.7 Å². The summed E-state index contributed by atoms with van der Waals surface area (Å²) in [5, 5.41) is 11.3. The van der Waals surface area contributed by atoms with Crippen molar-refractivity contribution in [2.45, 2.75) is 38.6 Å². The van der Waals surface area contributed by atoms with Crippen LogP contribution in [0.4, 0.5) is 0 Å². The molecular formula is C27H31NO6. The molecule has 0 aromatic heterocycles. The Morgan fingerprint density at radius 1 is 1.15 bits per heavy atom. The first-order valence-corrected chi connectivity index (χ1v) is 11.8. The predicted molar refractivity (Wildman–Crippen MR) is 128 cm³/mol. The van der Waals surface area contributed by atoms with Crippen LogP contribution in [0.1, 0.15) is 48.9 Å². The molecule has 34 heavy (non-hydrogen) atoms. The van der Waals surface area contributed by atoms with Gasteiger partial charge in [0.25, 0.3) is 11.7 Å². The van der Waals surface area contributed by atoms with E-state index in [0.29, 0.717) is 18.8 Å². The predicted octanol–water partition coefficient (Wildman–Crippen LogP) is 4.26. The molecule has 2 aromatic rings. The highest BCUT2D eigenvalue weighted by Gasteiger charge is 2.45. The topological polar surface area (TPSA) is 85.3 Å². The van der Waals surface area contributed by atoms with E-state index in [1.165, 1.54) is 4.90 Å². The lowest BCUT2D eigenvalue weighted by Crippen LogP contribution is -2.32. The molecule has 2 aliphatic heterocycles. The van der Waals surface area contributed by atoms with E-state index in [9.17, 15) is 14.7 Å². The second kappa shape index (κ2) is 10.7. The molecule has 2 heterocycles. The van der Waals surface area contributed by atoms with E-state index in [0.717, 1.165) is 48.3 Å². The number of methoxy groups -OCH3 is 1. The second-order valence-corrected chi connectivity index (χ2v) is 8.53. The van der Waals surface area contributed by atoms with E-state index in [1.54, 1.807) is 13.2 Å². The lowest BCUT2D eigenvalue weighted by Gasteiger charge is -2.25. The van der Waals surface area contributed by atoms with E-state index >= 15 is 0 Å². The second-order valence-electron chi connectivity index (χ2n) is 8.53. The Morgan fingerprint density at radius 2 is 1.94 bits per heavy atom. The maximum absolute atomic E-state index is 13.1. The van der Waals surface area contributed by atoms with Crippen LogP contribution in [0.25, 0.3) is 5.76 Å². The molecule has 7 heteroatoms. The summed E-state index contributed by atoms with van der Waals surface area (Å²) in [5.41, 5.74) is 2.28. The van der Waals surface area contributed by atoms with Gasteiger partial charge in [0, 0.05) is 19.2 Å². The zero-order chi connectivity index (χ0) is 24.1. The number of likely N-dealkylation sites (tertiary alicyclic amines) is 1. The van der Waals surface area contributed by atoms with Crippen LogP contribution < -0.4 is 9.47 Å². The number of fused-ring (bicyclic) bond motifs is 1. The minimum atomic E-state index is -0.716. The Kier molecular flexibility index (Phi) is 7.53. The van der Waals surface area contributed by atoms with Gasteiger partial charge in [-0.2, -0.15) is 0 Å². The van der Waals surface area contributed by atoms with Gasteiger partial charge in [-0.3, -0.25) is 9.59 Å². The number of aliphatic hydroxyl groups excluding tert-OH is 1. The first kappa shape index (κ1) is 23.8. The van der Waals surface area contributed by atoms with Crippen LogP contribution in [-0.4, -0.2) is 55.2 Å². The molecular weight excluding hydrogens is 434 g/mol. The Labute approximate surface area is 199 Å². The summed E-state index contributed by atoms with van der Waals surface area (Å²) in [6.45, 7) is 3.91. The Bertz CT molecular complexity index is 1080. The molecule has 1 saturated heterocycles. The number of aryl methyl sites for hydroxylation is 1. The average molecular weight is 466 g/mol. The number of carbonyl (C=O) groups excluding carboxylic acids is 2. The molecule has 0 aliphatic carbocycles. The summed E-state index contributed by atoms with van der Waals surface area (Å²) in [7, 11) is 1.54. The van der Waals surface area contributed by atoms with Crippen molar-refractivity contribution in [2.24, 2.45) is 0 Å². The molecule has 0 saturated carbocycles. The summed E-state index contributed by atoms with van der Waals surface area (Å²) in [6, 6.07) is 12.0. The number of ether oxygens (including phenoxy) is 3. The monoisotopic (exact) mass is 465 g/mol. The molecule has 1 unspecified atom stereocenters. The molecule has 0 spiro atoms. The van der Waals surface area contributed by atoms with Gasteiger partial charge < -0.3 is 24.2 Å². The Hall–Kier alpha value is -3.32. The van der Waals surface area contributed by atoms with Gasteiger partial charge in [-0.25, -0.2) is 0 Å². The number of nitrogens with zero attached hydrogens (tertiary/aromatic N) is 1. The number of benzene rings is 2. The van der Waals surface area contributed by atoms with Gasteiger partial charge in [0.15, 0.2) is 0 Å². The molecule has 2 aliphatic rings. The van der Waals surface area contributed by atoms with E-state index in [-0.39, 0.29) is 24.5 Å². The molecule has 180 valence electrons. The Morgan fingerprint density at radius 3 is 2.68 bits per heavy atom. The molecule has 2 aromatic carbocycles. The van der Waals surface area contributed by atoms with Crippen molar-refractivity contribution in [2.75, 3.05) is 33.5 Å². The number of carbonyl (C=O) groups is 2. The van der Waals surface area contributed by atoms with E-state index in [1.807, 2.05) is 36.4 Å². The van der Waals surface area contributed by atoms with Crippen molar-refractivity contribution in [3.05, 3.63) is 64.7 Å². The van der Waals surface area contributed by atoms with Gasteiger partial charge in [-0.05, 0) is 60.7 Å². The number of rotatable bonds is 9. The van der Waals surface area contributed by atoms with Crippen LogP contribution >= 0.6 is 0 Å². The summed E-state index contributed by atoms with van der Waals surface area (Å²) in [4.78, 5) is 27.5. The van der Waals surface area contributed by atoms with Gasteiger partial charge in [0.2, 0.25) is 0 Å². The maximum Gasteiger partial charge on any atom is 0.295 e. The number of unbranched alkanes of at least 4 members (excludes halogenated alkanes) is 1. The summed E-state index contributed by atoms with van der Waals surface area (Å²) in [5.74, 6) is -0.0109.